The molecule has 3 aromatic rings. The van der Waals surface area contributed by atoms with Crippen LogP contribution in [0.2, 0.25) is 0 Å². The van der Waals surface area contributed by atoms with Crippen molar-refractivity contribution in [2.24, 2.45) is 0 Å². The maximum Gasteiger partial charge on any atom is 0.159 e. The molecule has 0 amide bonds. The molecule has 0 aliphatic heterocycles. The first kappa shape index (κ1) is 8.60. The zero-order valence-electron chi connectivity index (χ0n) is 8.73. The van der Waals surface area contributed by atoms with Gasteiger partial charge in [-0.05, 0) is 18.6 Å². The number of benzene rings is 1. The van der Waals surface area contributed by atoms with Crippen molar-refractivity contribution >= 4 is 22.0 Å². The van der Waals surface area contributed by atoms with Gasteiger partial charge in [-0.2, -0.15) is 0 Å². The second-order valence-corrected chi connectivity index (χ2v) is 3.80. The van der Waals surface area contributed by atoms with Crippen LogP contribution in [0.25, 0.3) is 22.0 Å². The van der Waals surface area contributed by atoms with Gasteiger partial charge in [0.2, 0.25) is 0 Å². The summed E-state index contributed by atoms with van der Waals surface area (Å²) in [5, 5.41) is 1.21. The zero-order chi connectivity index (χ0) is 10.3. The van der Waals surface area contributed by atoms with Gasteiger partial charge in [0.05, 0.1) is 17.3 Å². The number of nitrogens with zero attached hydrogens (tertiary/aromatic N) is 1. The van der Waals surface area contributed by atoms with Gasteiger partial charge in [0, 0.05) is 18.0 Å². The molecule has 0 radical (unpaired) electrons. The van der Waals surface area contributed by atoms with E-state index in [1.54, 1.807) is 6.26 Å². The van der Waals surface area contributed by atoms with Crippen molar-refractivity contribution in [2.45, 2.75) is 19.9 Å². The lowest BCUT2D eigenvalue weighted by Gasteiger charge is -2.02. The summed E-state index contributed by atoms with van der Waals surface area (Å²) in [6, 6.07) is 10.5. The van der Waals surface area contributed by atoms with Crippen molar-refractivity contribution in [1.29, 1.82) is 0 Å². The Labute approximate surface area is 88.1 Å². The molecule has 2 heteroatoms. The molecule has 76 valence electrons. The second-order valence-electron chi connectivity index (χ2n) is 3.80. The van der Waals surface area contributed by atoms with Gasteiger partial charge in [-0.25, -0.2) is 0 Å². The third-order valence-corrected chi connectivity index (χ3v) is 2.82. The van der Waals surface area contributed by atoms with Crippen molar-refractivity contribution in [3.63, 3.8) is 0 Å². The summed E-state index contributed by atoms with van der Waals surface area (Å²) in [5.41, 5.74) is 3.49. The normalized spacial score (nSPS) is 11.5. The van der Waals surface area contributed by atoms with Crippen molar-refractivity contribution in [1.82, 2.24) is 4.57 Å². The van der Waals surface area contributed by atoms with Crippen molar-refractivity contribution in [3.8, 4) is 0 Å². The number of aryl methyl sites for hydroxylation is 1. The van der Waals surface area contributed by atoms with Crippen molar-refractivity contribution in [3.05, 3.63) is 36.6 Å². The monoisotopic (exact) mass is 199 g/mol. The van der Waals surface area contributed by atoms with Crippen LogP contribution in [0.1, 0.15) is 13.3 Å². The average molecular weight is 199 g/mol. The van der Waals surface area contributed by atoms with E-state index < -0.39 is 0 Å². The fourth-order valence-electron chi connectivity index (χ4n) is 2.21. The Bertz CT molecular complexity index is 603. The largest absolute Gasteiger partial charge is 0.462 e. The standard InChI is InChI=1S/C13H13NO/c1-2-8-14-11-6-4-3-5-10(11)13-12(14)7-9-15-13/h3-7,9H,2,8H2,1H3. The fraction of sp³-hybridized carbons (Fsp3) is 0.231. The molecule has 0 saturated carbocycles. The lowest BCUT2D eigenvalue weighted by Crippen LogP contribution is -1.94. The van der Waals surface area contributed by atoms with E-state index in [-0.39, 0.29) is 0 Å². The van der Waals surface area contributed by atoms with Gasteiger partial charge in [0.15, 0.2) is 5.58 Å². The summed E-state index contributed by atoms with van der Waals surface area (Å²) in [7, 11) is 0. The van der Waals surface area contributed by atoms with Crippen LogP contribution in [0.5, 0.6) is 0 Å². The van der Waals surface area contributed by atoms with Crippen molar-refractivity contribution in [2.75, 3.05) is 0 Å². The molecule has 0 aliphatic rings. The molecular weight excluding hydrogens is 186 g/mol. The molecule has 2 aromatic heterocycles. The molecule has 0 bridgehead atoms. The van der Waals surface area contributed by atoms with Crippen LogP contribution in [-0.4, -0.2) is 4.57 Å². The van der Waals surface area contributed by atoms with Gasteiger partial charge in [-0.1, -0.05) is 19.1 Å². The van der Waals surface area contributed by atoms with E-state index in [1.165, 1.54) is 16.4 Å². The van der Waals surface area contributed by atoms with Gasteiger partial charge < -0.3 is 8.98 Å². The molecule has 0 saturated heterocycles. The predicted molar refractivity (Wildman–Crippen MR) is 62.0 cm³/mol. The summed E-state index contributed by atoms with van der Waals surface area (Å²) < 4.78 is 7.86. The molecular formula is C13H13NO. The molecule has 0 N–H and O–H groups in total. The minimum Gasteiger partial charge on any atom is -0.462 e. The lowest BCUT2D eigenvalue weighted by atomic mass is 10.2. The SMILES string of the molecule is CCCn1c2ccccc2c2occc21. The first-order chi connectivity index (χ1) is 7.42. The van der Waals surface area contributed by atoms with E-state index in [9.17, 15) is 0 Å². The zero-order valence-corrected chi connectivity index (χ0v) is 8.73. The van der Waals surface area contributed by atoms with Gasteiger partial charge in [-0.3, -0.25) is 0 Å². The van der Waals surface area contributed by atoms with Gasteiger partial charge >= 0.3 is 0 Å². The number of rotatable bonds is 2. The molecule has 2 nitrogen and oxygen atoms in total. The summed E-state index contributed by atoms with van der Waals surface area (Å²) in [5.74, 6) is 0. The Morgan fingerprint density at radius 1 is 1.13 bits per heavy atom. The molecule has 1 aromatic carbocycles. The van der Waals surface area contributed by atoms with E-state index >= 15 is 0 Å². The molecule has 0 spiro atoms. The molecule has 0 fully saturated rings. The number of hydrogen-bond acceptors (Lipinski definition) is 1. The highest BCUT2D eigenvalue weighted by atomic mass is 16.3. The summed E-state index contributed by atoms with van der Waals surface area (Å²) >= 11 is 0. The van der Waals surface area contributed by atoms with Crippen LogP contribution in [0.15, 0.2) is 41.0 Å². The smallest absolute Gasteiger partial charge is 0.159 e. The molecule has 0 atom stereocenters. The number of hydrogen-bond donors (Lipinski definition) is 0. The quantitative estimate of drug-likeness (QED) is 0.614. The summed E-state index contributed by atoms with van der Waals surface area (Å²) in [6.07, 6.45) is 2.90. The molecule has 3 rings (SSSR count). The lowest BCUT2D eigenvalue weighted by molar-refractivity contribution is 0.619. The molecule has 2 heterocycles. The predicted octanol–water partition coefficient (Wildman–Crippen LogP) is 3.80. The Balaban J connectivity index is 2.47. The van der Waals surface area contributed by atoms with E-state index in [0.717, 1.165) is 18.5 Å². The third-order valence-electron chi connectivity index (χ3n) is 2.82. The van der Waals surface area contributed by atoms with Crippen LogP contribution < -0.4 is 0 Å². The Hall–Kier alpha value is -1.70. The first-order valence-corrected chi connectivity index (χ1v) is 5.36. The van der Waals surface area contributed by atoms with E-state index in [2.05, 4.69) is 35.8 Å². The Kier molecular flexibility index (Phi) is 1.81. The summed E-state index contributed by atoms with van der Waals surface area (Å²) in [4.78, 5) is 0. The minimum absolute atomic E-state index is 1.01. The van der Waals surface area contributed by atoms with Crippen LogP contribution in [0.4, 0.5) is 0 Å². The Morgan fingerprint density at radius 2 is 2.00 bits per heavy atom. The third kappa shape index (κ3) is 1.11. The van der Waals surface area contributed by atoms with Crippen LogP contribution in [0, 0.1) is 0 Å². The molecule has 15 heavy (non-hydrogen) atoms. The van der Waals surface area contributed by atoms with E-state index in [1.807, 2.05) is 6.07 Å². The maximum absolute atomic E-state index is 5.54. The fourth-order valence-corrected chi connectivity index (χ4v) is 2.21. The van der Waals surface area contributed by atoms with Gasteiger partial charge in [0.25, 0.3) is 0 Å². The number of aromatic nitrogens is 1. The molecule has 0 unspecified atom stereocenters. The highest BCUT2D eigenvalue weighted by molar-refractivity contribution is 6.04. The van der Waals surface area contributed by atoms with Crippen molar-refractivity contribution < 1.29 is 4.42 Å². The van der Waals surface area contributed by atoms with E-state index in [4.69, 9.17) is 4.42 Å². The van der Waals surface area contributed by atoms with Gasteiger partial charge in [-0.15, -0.1) is 0 Å². The minimum atomic E-state index is 1.01. The van der Waals surface area contributed by atoms with Crippen LogP contribution in [0.3, 0.4) is 0 Å². The van der Waals surface area contributed by atoms with Crippen LogP contribution in [-0.2, 0) is 6.54 Å². The highest BCUT2D eigenvalue weighted by Crippen LogP contribution is 2.29. The number of furan rings is 1. The van der Waals surface area contributed by atoms with E-state index in [0.29, 0.717) is 0 Å². The summed E-state index contributed by atoms with van der Waals surface area (Å²) in [6.45, 7) is 3.24. The number of para-hydroxylation sites is 1. The highest BCUT2D eigenvalue weighted by Gasteiger charge is 2.11. The van der Waals surface area contributed by atoms with Crippen LogP contribution >= 0.6 is 0 Å². The van der Waals surface area contributed by atoms with Gasteiger partial charge in [0.1, 0.15) is 0 Å². The second kappa shape index (κ2) is 3.16. The Morgan fingerprint density at radius 3 is 2.87 bits per heavy atom. The average Bonchev–Trinajstić information content (AvgIpc) is 2.82. The first-order valence-electron chi connectivity index (χ1n) is 5.36. The topological polar surface area (TPSA) is 18.1 Å². The molecule has 0 aliphatic carbocycles. The number of fused-ring (bicyclic) bond motifs is 3. The maximum atomic E-state index is 5.54.